The predicted molar refractivity (Wildman–Crippen MR) is 100 cm³/mol. The fourth-order valence-corrected chi connectivity index (χ4v) is 2.62. The van der Waals surface area contributed by atoms with Gasteiger partial charge in [-0.2, -0.15) is 11.8 Å². The third-order valence-electron chi connectivity index (χ3n) is 3.32. The summed E-state index contributed by atoms with van der Waals surface area (Å²) in [5, 5.41) is 3.41. The third-order valence-corrected chi connectivity index (χ3v) is 3.91. The number of hydrogen-bond donors (Lipinski definition) is 1. The number of benzene rings is 1. The van der Waals surface area contributed by atoms with E-state index in [-0.39, 0.29) is 24.0 Å². The van der Waals surface area contributed by atoms with Crippen molar-refractivity contribution in [2.75, 3.05) is 31.6 Å². The molecule has 0 saturated heterocycles. The molecule has 0 saturated carbocycles. The molecule has 0 amide bonds. The number of nitrogens with one attached hydrogen (secondary N) is 1. The molecule has 0 bridgehead atoms. The third kappa shape index (κ3) is 4.84. The zero-order chi connectivity index (χ0) is 13.5. The van der Waals surface area contributed by atoms with E-state index in [0.717, 1.165) is 44.3 Å². The summed E-state index contributed by atoms with van der Waals surface area (Å²) >= 11 is 1.84. The Morgan fingerprint density at radius 1 is 1.35 bits per heavy atom. The lowest BCUT2D eigenvalue weighted by molar-refractivity contribution is 0.379. The minimum Gasteiger partial charge on any atom is -0.357 e. The van der Waals surface area contributed by atoms with Gasteiger partial charge < -0.3 is 10.2 Å². The molecule has 1 aliphatic rings. The Kier molecular flexibility index (Phi) is 8.37. The SMILES string of the molecule is CCNC(=NCCSC)N1CCc2ccccc2C1.I. The summed E-state index contributed by atoms with van der Waals surface area (Å²) in [6, 6.07) is 8.73. The molecular formula is C15H24IN3S. The molecular weight excluding hydrogens is 381 g/mol. The highest BCUT2D eigenvalue weighted by Gasteiger charge is 2.18. The van der Waals surface area contributed by atoms with Gasteiger partial charge in [0, 0.05) is 25.4 Å². The fourth-order valence-electron chi connectivity index (χ4n) is 2.35. The van der Waals surface area contributed by atoms with Crippen LogP contribution >= 0.6 is 35.7 Å². The first kappa shape index (κ1) is 17.6. The molecule has 0 aromatic heterocycles. The van der Waals surface area contributed by atoms with Crippen LogP contribution in [0.3, 0.4) is 0 Å². The monoisotopic (exact) mass is 405 g/mol. The molecule has 1 aromatic rings. The summed E-state index contributed by atoms with van der Waals surface area (Å²) in [6.07, 6.45) is 3.24. The number of guanidine groups is 1. The molecule has 3 nitrogen and oxygen atoms in total. The van der Waals surface area contributed by atoms with Gasteiger partial charge in [-0.1, -0.05) is 24.3 Å². The van der Waals surface area contributed by atoms with Crippen LogP contribution in [0.2, 0.25) is 0 Å². The van der Waals surface area contributed by atoms with Crippen molar-refractivity contribution in [3.05, 3.63) is 35.4 Å². The molecule has 1 heterocycles. The predicted octanol–water partition coefficient (Wildman–Crippen LogP) is 2.99. The zero-order valence-corrected chi connectivity index (χ0v) is 15.4. The maximum Gasteiger partial charge on any atom is 0.194 e. The number of fused-ring (bicyclic) bond motifs is 1. The summed E-state index contributed by atoms with van der Waals surface area (Å²) in [7, 11) is 0. The Bertz CT molecular complexity index is 437. The molecule has 0 fully saturated rings. The van der Waals surface area contributed by atoms with E-state index < -0.39 is 0 Å². The molecule has 1 aliphatic heterocycles. The van der Waals surface area contributed by atoms with Crippen molar-refractivity contribution in [2.24, 2.45) is 4.99 Å². The van der Waals surface area contributed by atoms with E-state index in [0.29, 0.717) is 0 Å². The molecule has 0 unspecified atom stereocenters. The quantitative estimate of drug-likeness (QED) is 0.361. The summed E-state index contributed by atoms with van der Waals surface area (Å²) in [4.78, 5) is 7.08. The molecule has 2 rings (SSSR count). The maximum atomic E-state index is 4.71. The second kappa shape index (κ2) is 9.50. The number of halogens is 1. The van der Waals surface area contributed by atoms with Gasteiger partial charge in [0.15, 0.2) is 5.96 Å². The van der Waals surface area contributed by atoms with Gasteiger partial charge >= 0.3 is 0 Å². The number of thioether (sulfide) groups is 1. The number of rotatable bonds is 4. The lowest BCUT2D eigenvalue weighted by Gasteiger charge is -2.31. The van der Waals surface area contributed by atoms with Gasteiger partial charge in [0.25, 0.3) is 0 Å². The molecule has 0 spiro atoms. The van der Waals surface area contributed by atoms with Crippen LogP contribution in [0.4, 0.5) is 0 Å². The minimum absolute atomic E-state index is 0. The van der Waals surface area contributed by atoms with Crippen molar-refractivity contribution in [3.8, 4) is 0 Å². The Morgan fingerprint density at radius 3 is 2.80 bits per heavy atom. The van der Waals surface area contributed by atoms with Gasteiger partial charge in [-0.25, -0.2) is 0 Å². The van der Waals surface area contributed by atoms with E-state index in [2.05, 4.69) is 47.7 Å². The van der Waals surface area contributed by atoms with E-state index >= 15 is 0 Å². The largest absolute Gasteiger partial charge is 0.357 e. The summed E-state index contributed by atoms with van der Waals surface area (Å²) in [6.45, 7) is 5.98. The Balaban J connectivity index is 0.00000200. The molecule has 1 N–H and O–H groups in total. The lowest BCUT2D eigenvalue weighted by Crippen LogP contribution is -2.44. The summed E-state index contributed by atoms with van der Waals surface area (Å²) < 4.78 is 0. The van der Waals surface area contributed by atoms with Crippen molar-refractivity contribution in [2.45, 2.75) is 19.9 Å². The van der Waals surface area contributed by atoms with Crippen molar-refractivity contribution in [1.82, 2.24) is 10.2 Å². The standard InChI is InChI=1S/C15H23N3S.HI/c1-3-16-15(17-9-11-19-2)18-10-8-13-6-4-5-7-14(13)12-18;/h4-7H,3,8-12H2,1-2H3,(H,16,17);1H. The van der Waals surface area contributed by atoms with Crippen LogP contribution in [-0.4, -0.2) is 42.5 Å². The number of nitrogens with zero attached hydrogens (tertiary/aromatic N) is 2. The maximum absolute atomic E-state index is 4.71. The first-order valence-corrected chi connectivity index (χ1v) is 8.33. The first-order chi connectivity index (χ1) is 9.35. The molecule has 0 radical (unpaired) electrons. The van der Waals surface area contributed by atoms with Gasteiger partial charge in [0.2, 0.25) is 0 Å². The van der Waals surface area contributed by atoms with E-state index in [9.17, 15) is 0 Å². The normalized spacial score (nSPS) is 14.5. The van der Waals surface area contributed by atoms with Crippen LogP contribution in [-0.2, 0) is 13.0 Å². The highest BCUT2D eigenvalue weighted by Crippen LogP contribution is 2.18. The molecule has 0 aliphatic carbocycles. The Morgan fingerprint density at radius 2 is 2.10 bits per heavy atom. The van der Waals surface area contributed by atoms with E-state index in [1.807, 2.05) is 11.8 Å². The average Bonchev–Trinajstić information content (AvgIpc) is 2.46. The molecule has 5 heteroatoms. The van der Waals surface area contributed by atoms with Crippen LogP contribution in [0.5, 0.6) is 0 Å². The summed E-state index contributed by atoms with van der Waals surface area (Å²) in [5.41, 5.74) is 2.92. The van der Waals surface area contributed by atoms with Gasteiger partial charge in [-0.05, 0) is 30.7 Å². The molecule has 0 atom stereocenters. The fraction of sp³-hybridized carbons (Fsp3) is 0.533. The van der Waals surface area contributed by atoms with Gasteiger partial charge in [-0.15, -0.1) is 24.0 Å². The van der Waals surface area contributed by atoms with Crippen LogP contribution in [0.25, 0.3) is 0 Å². The molecule has 20 heavy (non-hydrogen) atoms. The smallest absolute Gasteiger partial charge is 0.194 e. The van der Waals surface area contributed by atoms with Crippen LogP contribution < -0.4 is 5.32 Å². The van der Waals surface area contributed by atoms with E-state index in [1.54, 1.807) is 0 Å². The van der Waals surface area contributed by atoms with Crippen LogP contribution in [0.15, 0.2) is 29.3 Å². The van der Waals surface area contributed by atoms with E-state index in [4.69, 9.17) is 4.99 Å². The van der Waals surface area contributed by atoms with Gasteiger partial charge in [-0.3, -0.25) is 4.99 Å². The highest BCUT2D eigenvalue weighted by molar-refractivity contribution is 14.0. The summed E-state index contributed by atoms with van der Waals surface area (Å²) in [5.74, 6) is 2.14. The topological polar surface area (TPSA) is 27.6 Å². The number of hydrogen-bond acceptors (Lipinski definition) is 2. The number of aliphatic imine (C=N–C) groups is 1. The Labute approximate surface area is 143 Å². The zero-order valence-electron chi connectivity index (χ0n) is 12.3. The van der Waals surface area contributed by atoms with Crippen molar-refractivity contribution in [1.29, 1.82) is 0 Å². The van der Waals surface area contributed by atoms with Gasteiger partial charge in [0.05, 0.1) is 6.54 Å². The first-order valence-electron chi connectivity index (χ1n) is 6.94. The lowest BCUT2D eigenvalue weighted by atomic mass is 10.0. The van der Waals surface area contributed by atoms with Crippen molar-refractivity contribution >= 4 is 41.7 Å². The Hall–Kier alpha value is -0.430. The second-order valence-corrected chi connectivity index (χ2v) is 5.65. The van der Waals surface area contributed by atoms with Gasteiger partial charge in [0.1, 0.15) is 0 Å². The average molecular weight is 405 g/mol. The molecule has 1 aromatic carbocycles. The van der Waals surface area contributed by atoms with Crippen LogP contribution in [0.1, 0.15) is 18.1 Å². The van der Waals surface area contributed by atoms with Crippen LogP contribution in [0, 0.1) is 0 Å². The van der Waals surface area contributed by atoms with Crippen molar-refractivity contribution in [3.63, 3.8) is 0 Å². The van der Waals surface area contributed by atoms with Crippen molar-refractivity contribution < 1.29 is 0 Å². The highest BCUT2D eigenvalue weighted by atomic mass is 127. The van der Waals surface area contributed by atoms with E-state index in [1.165, 1.54) is 11.1 Å². The molecule has 112 valence electrons. The second-order valence-electron chi connectivity index (χ2n) is 4.67. The minimum atomic E-state index is 0.